The lowest BCUT2D eigenvalue weighted by Crippen LogP contribution is -2.27. The van der Waals surface area contributed by atoms with Gasteiger partial charge in [0.15, 0.2) is 0 Å². The van der Waals surface area contributed by atoms with Crippen LogP contribution >= 0.6 is 0 Å². The largest absolute Gasteiger partial charge is 0.371 e. The second kappa shape index (κ2) is 6.09. The Morgan fingerprint density at radius 1 is 1.32 bits per heavy atom. The van der Waals surface area contributed by atoms with Crippen LogP contribution in [0.15, 0.2) is 18.2 Å². The molecule has 1 amide bonds. The minimum atomic E-state index is 0.0362. The normalized spacial score (nSPS) is 15.1. The summed E-state index contributed by atoms with van der Waals surface area (Å²) in [5.74, 6) is 0.515. The van der Waals surface area contributed by atoms with Crippen molar-refractivity contribution in [3.63, 3.8) is 0 Å². The Morgan fingerprint density at radius 2 is 2.00 bits per heavy atom. The van der Waals surface area contributed by atoms with E-state index in [1.165, 1.54) is 24.1 Å². The number of nitrogens with one attached hydrogen (secondary N) is 1. The van der Waals surface area contributed by atoms with Gasteiger partial charge in [-0.1, -0.05) is 19.9 Å². The van der Waals surface area contributed by atoms with Crippen LogP contribution in [0.5, 0.6) is 0 Å². The second-order valence-corrected chi connectivity index (χ2v) is 5.80. The van der Waals surface area contributed by atoms with E-state index in [1.807, 2.05) is 12.1 Å². The second-order valence-electron chi connectivity index (χ2n) is 5.80. The molecule has 1 aromatic carbocycles. The molecular weight excluding hydrogens is 236 g/mol. The van der Waals surface area contributed by atoms with Crippen molar-refractivity contribution in [1.82, 2.24) is 5.32 Å². The highest BCUT2D eigenvalue weighted by Gasteiger charge is 2.16. The summed E-state index contributed by atoms with van der Waals surface area (Å²) in [5.41, 5.74) is 3.24. The zero-order valence-corrected chi connectivity index (χ0v) is 12.2. The van der Waals surface area contributed by atoms with E-state index in [-0.39, 0.29) is 5.91 Å². The first-order valence-electron chi connectivity index (χ1n) is 7.21. The third-order valence-corrected chi connectivity index (χ3v) is 3.59. The highest BCUT2D eigenvalue weighted by molar-refractivity contribution is 5.95. The van der Waals surface area contributed by atoms with Crippen LogP contribution in [0.4, 0.5) is 5.69 Å². The van der Waals surface area contributed by atoms with Crippen molar-refractivity contribution in [3.05, 3.63) is 29.3 Å². The first-order chi connectivity index (χ1) is 9.08. The lowest BCUT2D eigenvalue weighted by molar-refractivity contribution is 0.0949. The number of aryl methyl sites for hydroxylation is 1. The van der Waals surface area contributed by atoms with Crippen molar-refractivity contribution in [2.75, 3.05) is 24.5 Å². The highest BCUT2D eigenvalue weighted by Crippen LogP contribution is 2.25. The fourth-order valence-corrected chi connectivity index (χ4v) is 2.45. The highest BCUT2D eigenvalue weighted by atomic mass is 16.1. The Morgan fingerprint density at radius 3 is 2.63 bits per heavy atom. The molecule has 3 nitrogen and oxygen atoms in total. The van der Waals surface area contributed by atoms with E-state index in [0.29, 0.717) is 5.92 Å². The zero-order valence-electron chi connectivity index (χ0n) is 12.2. The number of amides is 1. The third-order valence-electron chi connectivity index (χ3n) is 3.59. The van der Waals surface area contributed by atoms with Crippen LogP contribution in [-0.4, -0.2) is 25.5 Å². The quantitative estimate of drug-likeness (QED) is 0.902. The monoisotopic (exact) mass is 260 g/mol. The molecule has 1 saturated heterocycles. The Labute approximate surface area is 116 Å². The summed E-state index contributed by atoms with van der Waals surface area (Å²) in [6.45, 7) is 9.27. The molecule has 0 unspecified atom stereocenters. The summed E-state index contributed by atoms with van der Waals surface area (Å²) in [5, 5.41) is 2.98. The summed E-state index contributed by atoms with van der Waals surface area (Å²) in [6, 6.07) is 6.01. The Balaban J connectivity index is 2.13. The van der Waals surface area contributed by atoms with E-state index in [2.05, 4.69) is 37.1 Å². The van der Waals surface area contributed by atoms with Crippen LogP contribution in [0.2, 0.25) is 0 Å². The maximum Gasteiger partial charge on any atom is 0.251 e. The van der Waals surface area contributed by atoms with Crippen molar-refractivity contribution in [2.24, 2.45) is 5.92 Å². The van der Waals surface area contributed by atoms with Gasteiger partial charge in [0.25, 0.3) is 5.91 Å². The Kier molecular flexibility index (Phi) is 4.46. The first-order valence-corrected chi connectivity index (χ1v) is 7.21. The number of hydrogen-bond acceptors (Lipinski definition) is 2. The zero-order chi connectivity index (χ0) is 13.8. The number of rotatable bonds is 4. The molecule has 1 aliphatic heterocycles. The molecule has 0 aliphatic carbocycles. The molecule has 3 heteroatoms. The fraction of sp³-hybridized carbons (Fsp3) is 0.562. The Hall–Kier alpha value is -1.51. The third kappa shape index (κ3) is 3.49. The first kappa shape index (κ1) is 13.9. The Bertz CT molecular complexity index is 448. The van der Waals surface area contributed by atoms with Crippen molar-refractivity contribution in [1.29, 1.82) is 0 Å². The number of hydrogen-bond donors (Lipinski definition) is 1. The standard InChI is InChI=1S/C16H24N2O/c1-12(2)11-17-16(19)14-7-6-13(3)15(10-14)18-8-4-5-9-18/h6-7,10,12H,4-5,8-9,11H2,1-3H3,(H,17,19). The van der Waals surface area contributed by atoms with Gasteiger partial charge in [-0.3, -0.25) is 4.79 Å². The predicted octanol–water partition coefficient (Wildman–Crippen LogP) is 2.98. The van der Waals surface area contributed by atoms with Gasteiger partial charge in [-0.15, -0.1) is 0 Å². The molecular formula is C16H24N2O. The molecule has 2 rings (SSSR count). The van der Waals surface area contributed by atoms with E-state index >= 15 is 0 Å². The molecule has 1 heterocycles. The minimum absolute atomic E-state index is 0.0362. The lowest BCUT2D eigenvalue weighted by atomic mass is 10.1. The van der Waals surface area contributed by atoms with Crippen molar-refractivity contribution < 1.29 is 4.79 Å². The molecule has 0 radical (unpaired) electrons. The molecule has 19 heavy (non-hydrogen) atoms. The van der Waals surface area contributed by atoms with Gasteiger partial charge in [0.05, 0.1) is 0 Å². The van der Waals surface area contributed by atoms with Crippen LogP contribution in [0.3, 0.4) is 0 Å². The van der Waals surface area contributed by atoms with Crippen LogP contribution in [0.1, 0.15) is 42.6 Å². The average Bonchev–Trinajstić information content (AvgIpc) is 2.90. The smallest absolute Gasteiger partial charge is 0.251 e. The molecule has 0 aromatic heterocycles. The molecule has 0 bridgehead atoms. The topological polar surface area (TPSA) is 32.3 Å². The van der Waals surface area contributed by atoms with Gasteiger partial charge < -0.3 is 10.2 Å². The van der Waals surface area contributed by atoms with Crippen molar-refractivity contribution in [2.45, 2.75) is 33.6 Å². The molecule has 0 spiro atoms. The number of carbonyl (C=O) groups is 1. The van der Waals surface area contributed by atoms with E-state index in [0.717, 1.165) is 25.2 Å². The van der Waals surface area contributed by atoms with Gasteiger partial charge >= 0.3 is 0 Å². The SMILES string of the molecule is Cc1ccc(C(=O)NCC(C)C)cc1N1CCCC1. The van der Waals surface area contributed by atoms with Gasteiger partial charge in [-0.05, 0) is 43.4 Å². The van der Waals surface area contributed by atoms with Gasteiger partial charge in [0.2, 0.25) is 0 Å². The minimum Gasteiger partial charge on any atom is -0.371 e. The molecule has 1 aliphatic rings. The van der Waals surface area contributed by atoms with E-state index in [1.54, 1.807) is 0 Å². The maximum absolute atomic E-state index is 12.1. The van der Waals surface area contributed by atoms with Gasteiger partial charge in [0, 0.05) is 30.9 Å². The van der Waals surface area contributed by atoms with E-state index in [9.17, 15) is 4.79 Å². The molecule has 0 saturated carbocycles. The number of anilines is 1. The summed E-state index contributed by atoms with van der Waals surface area (Å²) >= 11 is 0. The average molecular weight is 260 g/mol. The molecule has 1 fully saturated rings. The van der Waals surface area contributed by atoms with Crippen LogP contribution < -0.4 is 10.2 Å². The van der Waals surface area contributed by atoms with E-state index in [4.69, 9.17) is 0 Å². The van der Waals surface area contributed by atoms with Gasteiger partial charge in [-0.25, -0.2) is 0 Å². The summed E-state index contributed by atoms with van der Waals surface area (Å²) in [4.78, 5) is 14.5. The summed E-state index contributed by atoms with van der Waals surface area (Å²) in [6.07, 6.45) is 2.51. The summed E-state index contributed by atoms with van der Waals surface area (Å²) < 4.78 is 0. The molecule has 104 valence electrons. The molecule has 0 atom stereocenters. The van der Waals surface area contributed by atoms with Gasteiger partial charge in [0.1, 0.15) is 0 Å². The number of benzene rings is 1. The summed E-state index contributed by atoms with van der Waals surface area (Å²) in [7, 11) is 0. The number of nitrogens with zero attached hydrogens (tertiary/aromatic N) is 1. The molecule has 1 aromatic rings. The van der Waals surface area contributed by atoms with Crippen LogP contribution in [0, 0.1) is 12.8 Å². The predicted molar refractivity (Wildman–Crippen MR) is 79.8 cm³/mol. The van der Waals surface area contributed by atoms with Gasteiger partial charge in [-0.2, -0.15) is 0 Å². The lowest BCUT2D eigenvalue weighted by Gasteiger charge is -2.21. The molecule has 1 N–H and O–H groups in total. The van der Waals surface area contributed by atoms with Crippen LogP contribution in [0.25, 0.3) is 0 Å². The van der Waals surface area contributed by atoms with Crippen molar-refractivity contribution in [3.8, 4) is 0 Å². The van der Waals surface area contributed by atoms with Crippen molar-refractivity contribution >= 4 is 11.6 Å². The maximum atomic E-state index is 12.1. The fourth-order valence-electron chi connectivity index (χ4n) is 2.45. The van der Waals surface area contributed by atoms with E-state index < -0.39 is 0 Å². The van der Waals surface area contributed by atoms with Crippen LogP contribution in [-0.2, 0) is 0 Å². The number of carbonyl (C=O) groups excluding carboxylic acids is 1.